The summed E-state index contributed by atoms with van der Waals surface area (Å²) in [5.74, 6) is 0.294. The molecule has 4 rings (SSSR count). The van der Waals surface area contributed by atoms with E-state index in [0.717, 1.165) is 66.4 Å². The highest BCUT2D eigenvalue weighted by molar-refractivity contribution is 6.32. The summed E-state index contributed by atoms with van der Waals surface area (Å²) >= 11 is 6.56. The van der Waals surface area contributed by atoms with Crippen molar-refractivity contribution in [3.05, 3.63) is 88.2 Å². The molecule has 0 unspecified atom stereocenters. The topological polar surface area (TPSA) is 45.2 Å². The molecular formula is C28H30ClN3O. The number of aromatic nitrogens is 1. The summed E-state index contributed by atoms with van der Waals surface area (Å²) in [6.45, 7) is 5.50. The number of carbonyl (C=O) groups excluding carboxylic acids is 1. The van der Waals surface area contributed by atoms with Crippen LogP contribution in [-0.4, -0.2) is 35.4 Å². The molecule has 0 atom stereocenters. The fourth-order valence-corrected chi connectivity index (χ4v) is 4.47. The number of nitrogens with one attached hydrogen (secondary N) is 1. The van der Waals surface area contributed by atoms with Crippen LogP contribution in [-0.2, 0) is 11.3 Å². The number of hydrogen-bond acceptors (Lipinski definition) is 3. The largest absolute Gasteiger partial charge is 0.343 e. The molecule has 2 heterocycles. The molecule has 1 fully saturated rings. The van der Waals surface area contributed by atoms with Crippen molar-refractivity contribution >= 4 is 29.7 Å². The van der Waals surface area contributed by atoms with Crippen LogP contribution in [0.15, 0.2) is 60.8 Å². The van der Waals surface area contributed by atoms with Crippen LogP contribution in [0.5, 0.6) is 0 Å². The molecule has 1 aromatic heterocycles. The normalized spacial score (nSPS) is 13.9. The average molecular weight is 460 g/mol. The minimum atomic E-state index is 0.294. The first kappa shape index (κ1) is 23.2. The molecule has 33 heavy (non-hydrogen) atoms. The third-order valence-electron chi connectivity index (χ3n) is 6.10. The second kappa shape index (κ2) is 11.3. The van der Waals surface area contributed by atoms with Crippen LogP contribution in [0.2, 0.25) is 5.02 Å². The number of nitrogens with zero attached hydrogens (tertiary/aromatic N) is 2. The molecule has 0 spiro atoms. The molecule has 170 valence electrons. The van der Waals surface area contributed by atoms with Gasteiger partial charge in [-0.15, -0.1) is 0 Å². The van der Waals surface area contributed by atoms with Crippen LogP contribution in [0, 0.1) is 6.92 Å². The highest BCUT2D eigenvalue weighted by Crippen LogP contribution is 2.26. The molecule has 5 heteroatoms. The van der Waals surface area contributed by atoms with Gasteiger partial charge in [-0.25, -0.2) is 0 Å². The summed E-state index contributed by atoms with van der Waals surface area (Å²) in [5, 5.41) is 4.18. The molecule has 0 saturated carbocycles. The van der Waals surface area contributed by atoms with Gasteiger partial charge in [-0.2, -0.15) is 0 Å². The Morgan fingerprint density at radius 2 is 1.97 bits per heavy atom. The van der Waals surface area contributed by atoms with Crippen molar-refractivity contribution in [1.29, 1.82) is 0 Å². The lowest BCUT2D eigenvalue weighted by Gasteiger charge is -2.15. The van der Waals surface area contributed by atoms with Crippen LogP contribution >= 0.6 is 11.6 Å². The van der Waals surface area contributed by atoms with E-state index in [2.05, 4.69) is 59.7 Å². The fourth-order valence-electron chi connectivity index (χ4n) is 4.20. The lowest BCUT2D eigenvalue weighted by atomic mass is 10.00. The van der Waals surface area contributed by atoms with Crippen molar-refractivity contribution in [2.24, 2.45) is 0 Å². The Bertz CT molecular complexity index is 1130. The summed E-state index contributed by atoms with van der Waals surface area (Å²) in [7, 11) is 0. The monoisotopic (exact) mass is 459 g/mol. The van der Waals surface area contributed by atoms with Gasteiger partial charge in [0.05, 0.1) is 5.69 Å². The standard InChI is InChI=1S/C28H30ClN3O/c1-21-25(23-7-3-2-4-8-23)14-16-31-27(21)13-12-24-11-10-22(19-26(24)29)20-30-15-6-18-32-17-5-9-28(32)33/h2-4,7-8,10-14,16,19,30H,5-6,9,15,17-18,20H2,1H3/b13-12+. The summed E-state index contributed by atoms with van der Waals surface area (Å²) in [6.07, 6.45) is 8.58. The van der Waals surface area contributed by atoms with Crippen LogP contribution in [0.25, 0.3) is 23.3 Å². The highest BCUT2D eigenvalue weighted by atomic mass is 35.5. The van der Waals surface area contributed by atoms with Crippen molar-refractivity contribution in [2.45, 2.75) is 32.7 Å². The Balaban J connectivity index is 1.33. The number of benzene rings is 2. The van der Waals surface area contributed by atoms with E-state index in [1.807, 2.05) is 35.4 Å². The molecule has 0 bridgehead atoms. The van der Waals surface area contributed by atoms with Gasteiger partial charge in [-0.05, 0) is 72.3 Å². The second-order valence-electron chi connectivity index (χ2n) is 8.44. The van der Waals surface area contributed by atoms with E-state index in [0.29, 0.717) is 12.3 Å². The van der Waals surface area contributed by atoms with E-state index >= 15 is 0 Å². The predicted octanol–water partition coefficient (Wildman–Crippen LogP) is 5.98. The Morgan fingerprint density at radius 1 is 1.12 bits per heavy atom. The van der Waals surface area contributed by atoms with Gasteiger partial charge in [0.15, 0.2) is 0 Å². The molecule has 3 aromatic rings. The molecule has 0 radical (unpaired) electrons. The third kappa shape index (κ3) is 6.10. The lowest BCUT2D eigenvalue weighted by molar-refractivity contribution is -0.127. The van der Waals surface area contributed by atoms with Gasteiger partial charge in [0.25, 0.3) is 0 Å². The van der Waals surface area contributed by atoms with Gasteiger partial charge in [-0.1, -0.05) is 60.1 Å². The predicted molar refractivity (Wildman–Crippen MR) is 137 cm³/mol. The van der Waals surface area contributed by atoms with Gasteiger partial charge in [0, 0.05) is 37.3 Å². The van der Waals surface area contributed by atoms with Crippen molar-refractivity contribution < 1.29 is 4.79 Å². The summed E-state index contributed by atoms with van der Waals surface area (Å²) in [5.41, 5.74) is 6.58. The van der Waals surface area contributed by atoms with E-state index in [4.69, 9.17) is 11.6 Å². The number of hydrogen-bond donors (Lipinski definition) is 1. The second-order valence-corrected chi connectivity index (χ2v) is 8.85. The van der Waals surface area contributed by atoms with Crippen LogP contribution in [0.3, 0.4) is 0 Å². The van der Waals surface area contributed by atoms with Gasteiger partial charge in [0.2, 0.25) is 5.91 Å². The lowest BCUT2D eigenvalue weighted by Crippen LogP contribution is -2.28. The quantitative estimate of drug-likeness (QED) is 0.400. The molecular weight excluding hydrogens is 430 g/mol. The van der Waals surface area contributed by atoms with Gasteiger partial charge >= 0.3 is 0 Å². The molecule has 1 saturated heterocycles. The van der Waals surface area contributed by atoms with Crippen molar-refractivity contribution in [3.8, 4) is 11.1 Å². The molecule has 4 nitrogen and oxygen atoms in total. The smallest absolute Gasteiger partial charge is 0.222 e. The molecule has 1 aliphatic heterocycles. The molecule has 2 aromatic carbocycles. The number of halogens is 1. The van der Waals surface area contributed by atoms with Crippen LogP contribution < -0.4 is 5.32 Å². The molecule has 0 aliphatic carbocycles. The zero-order valence-electron chi connectivity index (χ0n) is 19.1. The minimum Gasteiger partial charge on any atom is -0.343 e. The molecule has 1 amide bonds. The first-order valence-electron chi connectivity index (χ1n) is 11.6. The summed E-state index contributed by atoms with van der Waals surface area (Å²) in [6, 6.07) is 18.6. The maximum Gasteiger partial charge on any atom is 0.222 e. The maximum absolute atomic E-state index is 11.7. The van der Waals surface area contributed by atoms with Crippen molar-refractivity contribution in [3.63, 3.8) is 0 Å². The number of rotatable bonds is 9. The summed E-state index contributed by atoms with van der Waals surface area (Å²) < 4.78 is 0. The Morgan fingerprint density at radius 3 is 2.73 bits per heavy atom. The Labute approximate surface area is 201 Å². The number of carbonyl (C=O) groups is 1. The van der Waals surface area contributed by atoms with Crippen molar-refractivity contribution in [1.82, 2.24) is 15.2 Å². The Hall–Kier alpha value is -2.95. The molecule has 1 N–H and O–H groups in total. The maximum atomic E-state index is 11.7. The molecule has 1 aliphatic rings. The summed E-state index contributed by atoms with van der Waals surface area (Å²) in [4.78, 5) is 18.2. The average Bonchev–Trinajstić information content (AvgIpc) is 3.24. The van der Waals surface area contributed by atoms with Gasteiger partial charge in [-0.3, -0.25) is 9.78 Å². The fraction of sp³-hybridized carbons (Fsp3) is 0.286. The number of amides is 1. The first-order valence-corrected chi connectivity index (χ1v) is 12.0. The van der Waals surface area contributed by atoms with Gasteiger partial charge in [0.1, 0.15) is 0 Å². The van der Waals surface area contributed by atoms with E-state index in [-0.39, 0.29) is 0 Å². The van der Waals surface area contributed by atoms with Crippen LogP contribution in [0.1, 0.15) is 41.6 Å². The first-order chi connectivity index (χ1) is 16.1. The number of likely N-dealkylation sites (tertiary alicyclic amines) is 1. The number of pyridine rings is 1. The van der Waals surface area contributed by atoms with Crippen molar-refractivity contribution in [2.75, 3.05) is 19.6 Å². The van der Waals surface area contributed by atoms with E-state index in [1.165, 1.54) is 11.1 Å². The minimum absolute atomic E-state index is 0.294. The van der Waals surface area contributed by atoms with E-state index in [1.54, 1.807) is 0 Å². The van der Waals surface area contributed by atoms with E-state index < -0.39 is 0 Å². The zero-order chi connectivity index (χ0) is 23.0. The third-order valence-corrected chi connectivity index (χ3v) is 6.42. The van der Waals surface area contributed by atoms with Gasteiger partial charge < -0.3 is 10.2 Å². The highest BCUT2D eigenvalue weighted by Gasteiger charge is 2.18. The SMILES string of the molecule is Cc1c(-c2ccccc2)ccnc1/C=C/c1ccc(CNCCCN2CCCC2=O)cc1Cl. The zero-order valence-corrected chi connectivity index (χ0v) is 19.8. The Kier molecular flexibility index (Phi) is 7.92. The van der Waals surface area contributed by atoms with Crippen LogP contribution in [0.4, 0.5) is 0 Å². The van der Waals surface area contributed by atoms with E-state index in [9.17, 15) is 4.79 Å².